The Morgan fingerprint density at radius 3 is 2.55 bits per heavy atom. The fourth-order valence-corrected chi connectivity index (χ4v) is 2.72. The van der Waals surface area contributed by atoms with E-state index in [1.807, 2.05) is 0 Å². The first kappa shape index (κ1) is 15.2. The summed E-state index contributed by atoms with van der Waals surface area (Å²) in [4.78, 5) is 0. The van der Waals surface area contributed by atoms with Crippen LogP contribution in [0.5, 0.6) is 11.5 Å². The zero-order valence-electron chi connectivity index (χ0n) is 13.0. The van der Waals surface area contributed by atoms with Crippen LogP contribution in [0.25, 0.3) is 0 Å². The summed E-state index contributed by atoms with van der Waals surface area (Å²) in [5.74, 6) is 1.75. The minimum atomic E-state index is 0.0170. The Morgan fingerprint density at radius 2 is 2.00 bits per heavy atom. The monoisotopic (exact) mass is 277 g/mol. The van der Waals surface area contributed by atoms with Crippen LogP contribution in [0.4, 0.5) is 0 Å². The Morgan fingerprint density at radius 1 is 1.20 bits per heavy atom. The Kier molecular flexibility index (Phi) is 5.30. The Hall–Kier alpha value is -1.22. The van der Waals surface area contributed by atoms with Crippen LogP contribution >= 0.6 is 0 Å². The van der Waals surface area contributed by atoms with Gasteiger partial charge < -0.3 is 14.8 Å². The highest BCUT2D eigenvalue weighted by Crippen LogP contribution is 2.42. The predicted molar refractivity (Wildman–Crippen MR) is 82.7 cm³/mol. The van der Waals surface area contributed by atoms with Crippen molar-refractivity contribution in [2.45, 2.75) is 51.6 Å². The predicted octanol–water partition coefficient (Wildman–Crippen LogP) is 3.56. The maximum atomic E-state index is 6.34. The number of benzene rings is 1. The lowest BCUT2D eigenvalue weighted by molar-refractivity contribution is -0.0159. The fraction of sp³-hybridized carbons (Fsp3) is 0.647. The third-order valence-electron chi connectivity index (χ3n) is 4.23. The summed E-state index contributed by atoms with van der Waals surface area (Å²) in [6.45, 7) is 6.33. The highest BCUT2D eigenvalue weighted by atomic mass is 16.5. The second kappa shape index (κ2) is 6.98. The van der Waals surface area contributed by atoms with Gasteiger partial charge in [0.15, 0.2) is 11.5 Å². The van der Waals surface area contributed by atoms with Gasteiger partial charge in [-0.15, -0.1) is 0 Å². The molecule has 0 amide bonds. The average Bonchev–Trinajstić information content (AvgIpc) is 2.44. The molecule has 0 saturated heterocycles. The summed E-state index contributed by atoms with van der Waals surface area (Å²) < 4.78 is 11.8. The van der Waals surface area contributed by atoms with Crippen molar-refractivity contribution < 1.29 is 9.47 Å². The Labute approximate surface area is 122 Å². The molecule has 1 aliphatic rings. The van der Waals surface area contributed by atoms with Gasteiger partial charge in [-0.05, 0) is 62.9 Å². The van der Waals surface area contributed by atoms with E-state index < -0.39 is 0 Å². The zero-order chi connectivity index (χ0) is 14.4. The molecule has 3 heteroatoms. The molecular formula is C17H27NO2. The summed E-state index contributed by atoms with van der Waals surface area (Å²) in [5.41, 5.74) is 1.30. The third-order valence-corrected chi connectivity index (χ3v) is 4.23. The molecule has 3 nitrogen and oxygen atoms in total. The molecular weight excluding hydrogens is 250 g/mol. The number of methoxy groups -OCH3 is 1. The summed E-state index contributed by atoms with van der Waals surface area (Å²) in [7, 11) is 1.72. The van der Waals surface area contributed by atoms with Crippen molar-refractivity contribution in [3.05, 3.63) is 23.8 Å². The molecule has 0 unspecified atom stereocenters. The van der Waals surface area contributed by atoms with Crippen LogP contribution in [0.3, 0.4) is 0 Å². The van der Waals surface area contributed by atoms with Crippen molar-refractivity contribution in [3.8, 4) is 11.5 Å². The molecule has 1 aromatic rings. The number of ether oxygens (including phenoxy) is 2. The molecule has 20 heavy (non-hydrogen) atoms. The van der Waals surface area contributed by atoms with Crippen LogP contribution in [0.2, 0.25) is 0 Å². The molecule has 1 aromatic carbocycles. The number of hydrogen-bond donors (Lipinski definition) is 1. The van der Waals surface area contributed by atoms with Crippen molar-refractivity contribution in [1.29, 1.82) is 0 Å². The van der Waals surface area contributed by atoms with Crippen molar-refractivity contribution in [2.24, 2.45) is 0 Å². The van der Waals surface area contributed by atoms with E-state index >= 15 is 0 Å². The van der Waals surface area contributed by atoms with Gasteiger partial charge in [-0.1, -0.05) is 19.9 Å². The van der Waals surface area contributed by atoms with Crippen LogP contribution in [-0.2, 0) is 6.42 Å². The molecule has 112 valence electrons. The smallest absolute Gasteiger partial charge is 0.162 e. The first-order valence-corrected chi connectivity index (χ1v) is 7.79. The van der Waals surface area contributed by atoms with Crippen molar-refractivity contribution in [1.82, 2.24) is 5.32 Å². The average molecular weight is 277 g/mol. The van der Waals surface area contributed by atoms with Crippen LogP contribution in [0.15, 0.2) is 18.2 Å². The summed E-state index contributed by atoms with van der Waals surface area (Å²) in [6, 6.07) is 6.28. The van der Waals surface area contributed by atoms with E-state index in [1.165, 1.54) is 12.0 Å². The molecule has 0 heterocycles. The summed E-state index contributed by atoms with van der Waals surface area (Å²) >= 11 is 0. The molecule has 1 fully saturated rings. The van der Waals surface area contributed by atoms with Gasteiger partial charge in [0.1, 0.15) is 5.60 Å². The standard InChI is InChI=1S/C17H27NO2/c1-4-14-7-8-15(16(13-14)19-3)20-17(9-6-10-17)11-12-18-5-2/h7-8,13,18H,4-6,9-12H2,1-3H3. The van der Waals surface area contributed by atoms with Gasteiger partial charge in [-0.25, -0.2) is 0 Å². The molecule has 0 aromatic heterocycles. The first-order chi connectivity index (χ1) is 9.73. The third kappa shape index (κ3) is 3.45. The van der Waals surface area contributed by atoms with E-state index in [-0.39, 0.29) is 5.60 Å². The first-order valence-electron chi connectivity index (χ1n) is 7.79. The quantitative estimate of drug-likeness (QED) is 0.737. The van der Waals surface area contributed by atoms with E-state index in [0.717, 1.165) is 50.3 Å². The summed E-state index contributed by atoms with van der Waals surface area (Å²) in [6.07, 6.45) is 5.65. The molecule has 0 spiro atoms. The van der Waals surface area contributed by atoms with Gasteiger partial charge in [-0.2, -0.15) is 0 Å². The van der Waals surface area contributed by atoms with E-state index in [4.69, 9.17) is 9.47 Å². The molecule has 1 saturated carbocycles. The van der Waals surface area contributed by atoms with Crippen molar-refractivity contribution in [2.75, 3.05) is 20.2 Å². The molecule has 0 radical (unpaired) electrons. The highest BCUT2D eigenvalue weighted by Gasteiger charge is 2.39. The number of rotatable bonds is 8. The van der Waals surface area contributed by atoms with Gasteiger partial charge in [0.2, 0.25) is 0 Å². The summed E-state index contributed by atoms with van der Waals surface area (Å²) in [5, 5.41) is 3.39. The molecule has 1 N–H and O–H groups in total. The Balaban J connectivity index is 2.07. The second-order valence-corrected chi connectivity index (χ2v) is 5.58. The largest absolute Gasteiger partial charge is 0.493 e. The Bertz CT molecular complexity index is 427. The normalized spacial score (nSPS) is 16.6. The maximum Gasteiger partial charge on any atom is 0.162 e. The topological polar surface area (TPSA) is 30.5 Å². The van der Waals surface area contributed by atoms with Crippen LogP contribution in [0, 0.1) is 0 Å². The lowest BCUT2D eigenvalue weighted by atomic mass is 9.77. The van der Waals surface area contributed by atoms with E-state index in [2.05, 4.69) is 37.4 Å². The lowest BCUT2D eigenvalue weighted by Crippen LogP contribution is -2.45. The SMILES string of the molecule is CCNCCC1(Oc2ccc(CC)cc2OC)CCC1. The molecule has 1 aliphatic carbocycles. The van der Waals surface area contributed by atoms with Gasteiger partial charge in [0, 0.05) is 0 Å². The van der Waals surface area contributed by atoms with E-state index in [9.17, 15) is 0 Å². The molecule has 0 aliphatic heterocycles. The lowest BCUT2D eigenvalue weighted by Gasteiger charge is -2.42. The van der Waals surface area contributed by atoms with Gasteiger partial charge in [0.05, 0.1) is 7.11 Å². The number of nitrogens with one attached hydrogen (secondary N) is 1. The minimum absolute atomic E-state index is 0.0170. The maximum absolute atomic E-state index is 6.34. The van der Waals surface area contributed by atoms with Crippen LogP contribution in [-0.4, -0.2) is 25.8 Å². The van der Waals surface area contributed by atoms with Crippen LogP contribution < -0.4 is 14.8 Å². The van der Waals surface area contributed by atoms with E-state index in [1.54, 1.807) is 7.11 Å². The van der Waals surface area contributed by atoms with Crippen molar-refractivity contribution >= 4 is 0 Å². The number of aryl methyl sites for hydroxylation is 1. The second-order valence-electron chi connectivity index (χ2n) is 5.58. The van der Waals surface area contributed by atoms with Gasteiger partial charge in [-0.3, -0.25) is 0 Å². The molecule has 0 bridgehead atoms. The van der Waals surface area contributed by atoms with Crippen LogP contribution in [0.1, 0.15) is 45.1 Å². The fourth-order valence-electron chi connectivity index (χ4n) is 2.72. The van der Waals surface area contributed by atoms with Gasteiger partial charge in [0.25, 0.3) is 0 Å². The molecule has 2 rings (SSSR count). The minimum Gasteiger partial charge on any atom is -0.493 e. The molecule has 0 atom stereocenters. The zero-order valence-corrected chi connectivity index (χ0v) is 13.0. The highest BCUT2D eigenvalue weighted by molar-refractivity contribution is 5.43. The number of hydrogen-bond acceptors (Lipinski definition) is 3. The van der Waals surface area contributed by atoms with Crippen molar-refractivity contribution in [3.63, 3.8) is 0 Å². The van der Waals surface area contributed by atoms with Gasteiger partial charge >= 0.3 is 0 Å². The van der Waals surface area contributed by atoms with E-state index in [0.29, 0.717) is 0 Å².